The van der Waals surface area contributed by atoms with Crippen molar-refractivity contribution in [3.05, 3.63) is 86.8 Å². The van der Waals surface area contributed by atoms with Crippen molar-refractivity contribution in [2.75, 3.05) is 24.8 Å². The fourth-order valence-corrected chi connectivity index (χ4v) is 6.36. The Morgan fingerprint density at radius 2 is 1.89 bits per heavy atom. The molecule has 186 valence electrons. The third-order valence-electron chi connectivity index (χ3n) is 6.95. The van der Waals surface area contributed by atoms with Gasteiger partial charge in [-0.25, -0.2) is 8.78 Å². The summed E-state index contributed by atoms with van der Waals surface area (Å²) in [5, 5.41) is 12.4. The van der Waals surface area contributed by atoms with E-state index in [1.165, 1.54) is 40.8 Å². The first-order valence-electron chi connectivity index (χ1n) is 11.8. The predicted octanol–water partition coefficient (Wildman–Crippen LogP) is 4.14. The van der Waals surface area contributed by atoms with Crippen molar-refractivity contribution in [3.63, 3.8) is 0 Å². The maximum absolute atomic E-state index is 15.3. The summed E-state index contributed by atoms with van der Waals surface area (Å²) in [5.74, 6) is -1.28. The number of ether oxygens (including phenoxy) is 1. The average molecular weight is 512 g/mol. The summed E-state index contributed by atoms with van der Waals surface area (Å²) in [7, 11) is 0. The molecule has 0 radical (unpaired) electrons. The number of hydrogen-bond acceptors (Lipinski definition) is 6. The molecule has 3 aromatic rings. The summed E-state index contributed by atoms with van der Waals surface area (Å²) < 4.78 is 38.0. The van der Waals surface area contributed by atoms with E-state index >= 15 is 8.78 Å². The Labute approximate surface area is 209 Å². The van der Waals surface area contributed by atoms with Crippen LogP contribution >= 0.6 is 11.8 Å². The average Bonchev–Trinajstić information content (AvgIpc) is 3.04. The molecule has 0 unspecified atom stereocenters. The lowest BCUT2D eigenvalue weighted by Gasteiger charge is -2.44. The largest absolute Gasteiger partial charge is 0.502 e. The highest BCUT2D eigenvalue weighted by Gasteiger charge is 2.41. The summed E-state index contributed by atoms with van der Waals surface area (Å²) in [6, 6.07) is 8.14. The third-order valence-corrected chi connectivity index (χ3v) is 8.10. The predicted molar refractivity (Wildman–Crippen MR) is 130 cm³/mol. The van der Waals surface area contributed by atoms with E-state index in [0.717, 1.165) is 12.8 Å². The van der Waals surface area contributed by atoms with Crippen LogP contribution in [0.4, 0.5) is 8.78 Å². The molecule has 0 spiro atoms. The highest BCUT2D eigenvalue weighted by Crippen LogP contribution is 2.47. The van der Waals surface area contributed by atoms with Crippen LogP contribution < -0.4 is 15.2 Å². The number of pyridine rings is 1. The minimum Gasteiger partial charge on any atom is -0.502 e. The highest BCUT2D eigenvalue weighted by molar-refractivity contribution is 7.98. The third kappa shape index (κ3) is 3.54. The Morgan fingerprint density at radius 1 is 1.03 bits per heavy atom. The second-order valence-corrected chi connectivity index (χ2v) is 10.1. The quantitative estimate of drug-likeness (QED) is 0.489. The van der Waals surface area contributed by atoms with E-state index in [4.69, 9.17) is 4.74 Å². The molecule has 3 aliphatic rings. The zero-order chi connectivity index (χ0) is 25.0. The van der Waals surface area contributed by atoms with Gasteiger partial charge in [-0.3, -0.25) is 19.3 Å². The van der Waals surface area contributed by atoms with Gasteiger partial charge in [0.2, 0.25) is 5.43 Å². The molecule has 1 amide bonds. The zero-order valence-corrected chi connectivity index (χ0v) is 20.1. The molecule has 7 nitrogen and oxygen atoms in total. The van der Waals surface area contributed by atoms with E-state index in [1.807, 2.05) is 0 Å². The molecular formula is C26H23F2N3O4S. The van der Waals surface area contributed by atoms with Crippen molar-refractivity contribution >= 4 is 17.7 Å². The topological polar surface area (TPSA) is 75.0 Å². The maximum atomic E-state index is 15.3. The van der Waals surface area contributed by atoms with Crippen LogP contribution in [0.1, 0.15) is 52.5 Å². The summed E-state index contributed by atoms with van der Waals surface area (Å²) in [4.78, 5) is 27.7. The molecule has 0 fully saturated rings. The van der Waals surface area contributed by atoms with E-state index in [0.29, 0.717) is 46.9 Å². The van der Waals surface area contributed by atoms with Gasteiger partial charge in [0, 0.05) is 40.6 Å². The number of halogens is 2. The van der Waals surface area contributed by atoms with Crippen LogP contribution in [0.15, 0.2) is 52.3 Å². The molecular weight excluding hydrogens is 488 g/mol. The van der Waals surface area contributed by atoms with E-state index in [-0.39, 0.29) is 18.1 Å². The molecule has 36 heavy (non-hydrogen) atoms. The van der Waals surface area contributed by atoms with E-state index < -0.39 is 34.8 Å². The molecule has 0 saturated carbocycles. The van der Waals surface area contributed by atoms with Crippen molar-refractivity contribution in [3.8, 4) is 11.5 Å². The van der Waals surface area contributed by atoms with E-state index in [9.17, 15) is 14.7 Å². The second-order valence-electron chi connectivity index (χ2n) is 9.07. The Bertz CT molecular complexity index is 1440. The molecule has 2 aromatic carbocycles. The van der Waals surface area contributed by atoms with Gasteiger partial charge in [0.1, 0.15) is 30.1 Å². The molecule has 2 bridgehead atoms. The molecule has 0 aliphatic carbocycles. The number of rotatable bonds is 0. The number of hydrogen-bond donors (Lipinski definition) is 1. The molecule has 4 heterocycles. The van der Waals surface area contributed by atoms with Crippen LogP contribution in [-0.4, -0.2) is 40.4 Å². The fraction of sp³-hybridized carbons (Fsp3) is 0.308. The monoisotopic (exact) mass is 511 g/mol. The van der Waals surface area contributed by atoms with Gasteiger partial charge >= 0.3 is 0 Å². The van der Waals surface area contributed by atoms with Gasteiger partial charge in [-0.05, 0) is 43.0 Å². The number of carbonyl (C=O) groups excluding carboxylic acids is 1. The number of carbonyl (C=O) groups is 1. The molecule has 6 rings (SSSR count). The standard InChI is InChI=1S/C26H23F2N3O4S/c27-17-7-8-20-21-16(17)13-36-25-15(5-4-6-18(25)28)22(21)31-14-29(10-2-1-3-12-35-20)26(34)23-24(33)19(32)9-11-30(23)31/h4-9,11,22,33H,1-3,10,12-14H2/t22-/m1/s1. The van der Waals surface area contributed by atoms with Gasteiger partial charge in [-0.2, -0.15) is 0 Å². The normalized spacial score (nSPS) is 19.2. The van der Waals surface area contributed by atoms with Crippen molar-refractivity contribution in [2.45, 2.75) is 36.0 Å². The Hall–Kier alpha value is -3.53. The van der Waals surface area contributed by atoms with Crippen LogP contribution in [0, 0.1) is 11.6 Å². The zero-order valence-electron chi connectivity index (χ0n) is 19.2. The number of benzene rings is 2. The first-order chi connectivity index (χ1) is 17.5. The van der Waals surface area contributed by atoms with Crippen LogP contribution in [0.3, 0.4) is 0 Å². The van der Waals surface area contributed by atoms with Crippen LogP contribution in [-0.2, 0) is 5.75 Å². The molecule has 0 saturated heterocycles. The highest BCUT2D eigenvalue weighted by atomic mass is 32.2. The van der Waals surface area contributed by atoms with Gasteiger partial charge in [0.25, 0.3) is 5.91 Å². The van der Waals surface area contributed by atoms with Crippen molar-refractivity contribution in [1.29, 1.82) is 0 Å². The lowest BCUT2D eigenvalue weighted by molar-refractivity contribution is 0.0673. The maximum Gasteiger partial charge on any atom is 0.277 e. The number of thioether (sulfide) groups is 1. The lowest BCUT2D eigenvalue weighted by Crippen LogP contribution is -2.55. The molecule has 1 atom stereocenters. The van der Waals surface area contributed by atoms with E-state index in [1.54, 1.807) is 28.1 Å². The molecule has 1 N–H and O–H groups in total. The lowest BCUT2D eigenvalue weighted by atomic mass is 9.92. The van der Waals surface area contributed by atoms with Crippen molar-refractivity contribution < 1.29 is 23.4 Å². The van der Waals surface area contributed by atoms with Crippen molar-refractivity contribution in [1.82, 2.24) is 9.58 Å². The molecule has 3 aliphatic heterocycles. The minimum absolute atomic E-state index is 0.0921. The number of aromatic nitrogens is 1. The molecule has 10 heteroatoms. The number of aromatic hydroxyl groups is 1. The smallest absolute Gasteiger partial charge is 0.277 e. The molecule has 1 aromatic heterocycles. The van der Waals surface area contributed by atoms with Crippen LogP contribution in [0.2, 0.25) is 0 Å². The second kappa shape index (κ2) is 8.85. The summed E-state index contributed by atoms with van der Waals surface area (Å²) in [6.07, 6.45) is 3.67. The van der Waals surface area contributed by atoms with Gasteiger partial charge in [0.05, 0.1) is 6.61 Å². The summed E-state index contributed by atoms with van der Waals surface area (Å²) >= 11 is 1.21. The SMILES string of the molecule is O=C1c2c(O)c(=O)ccn2N2CN1CCCCCOc1ccc(F)c3c1[C@H]2c1cccc(F)c1SC3. The number of fused-ring (bicyclic) bond motifs is 7. The Balaban J connectivity index is 1.69. The fourth-order valence-electron chi connectivity index (χ4n) is 5.22. The Morgan fingerprint density at radius 3 is 2.75 bits per heavy atom. The van der Waals surface area contributed by atoms with Gasteiger partial charge in [-0.15, -0.1) is 11.8 Å². The van der Waals surface area contributed by atoms with Gasteiger partial charge < -0.3 is 14.7 Å². The first kappa shape index (κ1) is 22.9. The van der Waals surface area contributed by atoms with Gasteiger partial charge in [0.15, 0.2) is 11.4 Å². The Kier molecular flexibility index (Phi) is 5.63. The van der Waals surface area contributed by atoms with Crippen molar-refractivity contribution in [2.24, 2.45) is 0 Å². The summed E-state index contributed by atoms with van der Waals surface area (Å²) in [5.41, 5.74) is 0.693. The minimum atomic E-state index is -0.762. The van der Waals surface area contributed by atoms with Crippen LogP contribution in [0.5, 0.6) is 11.5 Å². The van der Waals surface area contributed by atoms with Gasteiger partial charge in [-0.1, -0.05) is 12.1 Å². The number of nitrogens with zero attached hydrogens (tertiary/aromatic N) is 3. The number of amides is 1. The van der Waals surface area contributed by atoms with Crippen LogP contribution in [0.25, 0.3) is 0 Å². The van der Waals surface area contributed by atoms with E-state index in [2.05, 4.69) is 0 Å². The first-order valence-corrected chi connectivity index (χ1v) is 12.8. The summed E-state index contributed by atoms with van der Waals surface area (Å²) in [6.45, 7) is 0.916.